The van der Waals surface area contributed by atoms with Crippen LogP contribution in [0.25, 0.3) is 0 Å². The van der Waals surface area contributed by atoms with Crippen LogP contribution in [0, 0.1) is 5.82 Å². The Balaban J connectivity index is 1.69. The maximum atomic E-state index is 14.8. The first kappa shape index (κ1) is 21.0. The third kappa shape index (κ3) is 3.78. The normalized spacial score (nSPS) is 25.4. The second-order valence-electron chi connectivity index (χ2n) is 7.95. The second-order valence-corrected chi connectivity index (χ2v) is 10.9. The van der Waals surface area contributed by atoms with Crippen LogP contribution in [0.3, 0.4) is 0 Å². The number of nitrogens with two attached hydrogens (primary N) is 1. The molecule has 160 valence electrons. The standard InChI is InChI=1S/C20H23BrFN5O2S/c1-20(11-30(28,29)27(2)19(23)26-20)15-9-14(6-7-16(15)22)25-17-5-3-4-12-8-13(21)10-24-18(12)17/h6-10,17,25H,3-5,11H2,1-2H3,(H2,23,26). The van der Waals surface area contributed by atoms with Gasteiger partial charge in [-0.2, -0.15) is 0 Å². The van der Waals surface area contributed by atoms with Gasteiger partial charge in [-0.25, -0.2) is 22.1 Å². The summed E-state index contributed by atoms with van der Waals surface area (Å²) in [5, 5.41) is 3.44. The highest BCUT2D eigenvalue weighted by atomic mass is 79.9. The number of pyridine rings is 1. The van der Waals surface area contributed by atoms with Gasteiger partial charge in [0.25, 0.3) is 0 Å². The number of hydrogen-bond acceptors (Lipinski definition) is 6. The molecule has 0 bridgehead atoms. The summed E-state index contributed by atoms with van der Waals surface area (Å²) in [6, 6.07) is 6.67. The Hall–Kier alpha value is -2.20. The molecule has 0 fully saturated rings. The van der Waals surface area contributed by atoms with E-state index in [4.69, 9.17) is 5.73 Å². The fraction of sp³-hybridized carbons (Fsp3) is 0.400. The SMILES string of the molecule is CN1C(N)=NC(C)(c2cc(NC3CCCc4cc(Br)cnc43)ccc2F)CS1(=O)=O. The summed E-state index contributed by atoms with van der Waals surface area (Å²) in [4.78, 5) is 8.88. The molecule has 1 aromatic heterocycles. The average Bonchev–Trinajstić information content (AvgIpc) is 2.67. The van der Waals surface area contributed by atoms with E-state index in [1.165, 1.54) is 18.7 Å². The average molecular weight is 496 g/mol. The predicted octanol–water partition coefficient (Wildman–Crippen LogP) is 3.28. The minimum Gasteiger partial charge on any atom is -0.377 e. The van der Waals surface area contributed by atoms with Gasteiger partial charge in [0.05, 0.1) is 17.5 Å². The van der Waals surface area contributed by atoms with E-state index in [-0.39, 0.29) is 23.3 Å². The molecule has 2 aromatic rings. The molecule has 4 rings (SSSR count). The highest BCUT2D eigenvalue weighted by Gasteiger charge is 2.41. The first-order chi connectivity index (χ1) is 14.1. The van der Waals surface area contributed by atoms with Gasteiger partial charge >= 0.3 is 0 Å². The molecule has 2 atom stereocenters. The van der Waals surface area contributed by atoms with E-state index in [1.54, 1.807) is 25.3 Å². The molecule has 2 unspecified atom stereocenters. The van der Waals surface area contributed by atoms with Gasteiger partial charge in [0.2, 0.25) is 16.0 Å². The first-order valence-electron chi connectivity index (χ1n) is 9.62. The number of aromatic nitrogens is 1. The Morgan fingerprint density at radius 1 is 1.37 bits per heavy atom. The summed E-state index contributed by atoms with van der Waals surface area (Å²) in [6.07, 6.45) is 4.65. The summed E-state index contributed by atoms with van der Waals surface area (Å²) >= 11 is 3.46. The van der Waals surface area contributed by atoms with E-state index in [0.29, 0.717) is 5.69 Å². The quantitative estimate of drug-likeness (QED) is 0.680. The third-order valence-corrected chi connectivity index (χ3v) is 8.07. The van der Waals surface area contributed by atoms with Crippen molar-refractivity contribution in [3.05, 3.63) is 57.6 Å². The van der Waals surface area contributed by atoms with Crippen molar-refractivity contribution in [2.75, 3.05) is 18.1 Å². The van der Waals surface area contributed by atoms with Gasteiger partial charge < -0.3 is 11.1 Å². The first-order valence-corrected chi connectivity index (χ1v) is 12.0. The minimum absolute atomic E-state index is 0.0113. The van der Waals surface area contributed by atoms with Gasteiger partial charge in [-0.05, 0) is 71.9 Å². The van der Waals surface area contributed by atoms with E-state index < -0.39 is 21.4 Å². The Morgan fingerprint density at radius 3 is 2.87 bits per heavy atom. The highest BCUT2D eigenvalue weighted by molar-refractivity contribution is 9.10. The highest BCUT2D eigenvalue weighted by Crippen LogP contribution is 2.37. The van der Waals surface area contributed by atoms with Crippen LogP contribution in [-0.4, -0.2) is 36.5 Å². The van der Waals surface area contributed by atoms with Crippen LogP contribution < -0.4 is 11.1 Å². The number of sulfonamides is 1. The molecule has 2 heterocycles. The zero-order valence-corrected chi connectivity index (χ0v) is 19.1. The lowest BCUT2D eigenvalue weighted by Crippen LogP contribution is -2.50. The lowest BCUT2D eigenvalue weighted by molar-refractivity contribution is 0.458. The van der Waals surface area contributed by atoms with E-state index in [9.17, 15) is 12.8 Å². The number of fused-ring (bicyclic) bond motifs is 1. The fourth-order valence-electron chi connectivity index (χ4n) is 4.10. The van der Waals surface area contributed by atoms with Crippen molar-refractivity contribution in [2.24, 2.45) is 10.7 Å². The summed E-state index contributed by atoms with van der Waals surface area (Å²) < 4.78 is 41.6. The molecule has 0 saturated heterocycles. The van der Waals surface area contributed by atoms with Crippen molar-refractivity contribution >= 4 is 37.6 Å². The van der Waals surface area contributed by atoms with E-state index in [1.807, 2.05) is 0 Å². The van der Waals surface area contributed by atoms with E-state index >= 15 is 0 Å². The van der Waals surface area contributed by atoms with Crippen molar-refractivity contribution in [2.45, 2.75) is 37.8 Å². The Morgan fingerprint density at radius 2 is 2.13 bits per heavy atom. The molecule has 3 N–H and O–H groups in total. The molecule has 0 spiro atoms. The summed E-state index contributed by atoms with van der Waals surface area (Å²) in [7, 11) is -2.35. The number of aliphatic imine (C=N–C) groups is 1. The maximum Gasteiger partial charge on any atom is 0.239 e. The molecule has 10 heteroatoms. The molecule has 2 aliphatic rings. The van der Waals surface area contributed by atoms with Crippen molar-refractivity contribution in [3.63, 3.8) is 0 Å². The summed E-state index contributed by atoms with van der Waals surface area (Å²) in [5.74, 6) is -1.04. The minimum atomic E-state index is -3.69. The summed E-state index contributed by atoms with van der Waals surface area (Å²) in [5.41, 5.74) is 7.53. The van der Waals surface area contributed by atoms with Crippen LogP contribution >= 0.6 is 15.9 Å². The zero-order chi connectivity index (χ0) is 21.7. The van der Waals surface area contributed by atoms with Crippen molar-refractivity contribution in [1.29, 1.82) is 0 Å². The Bertz CT molecular complexity index is 1140. The molecule has 7 nitrogen and oxygen atoms in total. The van der Waals surface area contributed by atoms with E-state index in [0.717, 1.165) is 33.7 Å². The molecule has 1 aliphatic heterocycles. The van der Waals surface area contributed by atoms with Gasteiger partial charge in [-0.1, -0.05) is 0 Å². The third-order valence-electron chi connectivity index (χ3n) is 5.69. The molecule has 1 aliphatic carbocycles. The van der Waals surface area contributed by atoms with Gasteiger partial charge in [-0.15, -0.1) is 0 Å². The Kier molecular flexibility index (Phi) is 5.26. The number of aryl methyl sites for hydroxylation is 1. The number of guanidine groups is 1. The molecule has 30 heavy (non-hydrogen) atoms. The molecular weight excluding hydrogens is 473 g/mol. The topological polar surface area (TPSA) is 101 Å². The number of benzene rings is 1. The monoisotopic (exact) mass is 495 g/mol. The van der Waals surface area contributed by atoms with Crippen LogP contribution in [0.2, 0.25) is 0 Å². The number of anilines is 1. The maximum absolute atomic E-state index is 14.8. The molecule has 1 aromatic carbocycles. The Labute approximate surface area is 183 Å². The van der Waals surface area contributed by atoms with Crippen LogP contribution in [0.15, 0.2) is 39.9 Å². The lowest BCUT2D eigenvalue weighted by Gasteiger charge is -2.35. The summed E-state index contributed by atoms with van der Waals surface area (Å²) in [6.45, 7) is 1.58. The molecule has 0 radical (unpaired) electrons. The van der Waals surface area contributed by atoms with Crippen molar-refractivity contribution in [1.82, 2.24) is 9.29 Å². The van der Waals surface area contributed by atoms with Gasteiger partial charge in [0, 0.05) is 29.0 Å². The zero-order valence-electron chi connectivity index (χ0n) is 16.7. The number of nitrogens with one attached hydrogen (secondary N) is 1. The number of hydrogen-bond donors (Lipinski definition) is 2. The number of halogens is 2. The largest absolute Gasteiger partial charge is 0.377 e. The fourth-order valence-corrected chi connectivity index (χ4v) is 5.93. The van der Waals surface area contributed by atoms with Crippen LogP contribution in [0.1, 0.15) is 42.6 Å². The van der Waals surface area contributed by atoms with Crippen LogP contribution in [-0.2, 0) is 22.0 Å². The van der Waals surface area contributed by atoms with Crippen LogP contribution in [0.4, 0.5) is 10.1 Å². The predicted molar refractivity (Wildman–Crippen MR) is 118 cm³/mol. The van der Waals surface area contributed by atoms with Gasteiger partial charge in [0.15, 0.2) is 0 Å². The van der Waals surface area contributed by atoms with Gasteiger partial charge in [0.1, 0.15) is 11.4 Å². The van der Waals surface area contributed by atoms with Crippen molar-refractivity contribution in [3.8, 4) is 0 Å². The van der Waals surface area contributed by atoms with Crippen LogP contribution in [0.5, 0.6) is 0 Å². The molecular formula is C20H23BrFN5O2S. The smallest absolute Gasteiger partial charge is 0.239 e. The lowest BCUT2D eigenvalue weighted by atomic mass is 9.91. The van der Waals surface area contributed by atoms with E-state index in [2.05, 4.69) is 37.3 Å². The number of rotatable bonds is 3. The molecule has 0 saturated carbocycles. The second kappa shape index (κ2) is 7.49. The van der Waals surface area contributed by atoms with Crippen molar-refractivity contribution < 1.29 is 12.8 Å². The van der Waals surface area contributed by atoms with Gasteiger partial charge in [-0.3, -0.25) is 4.98 Å². The molecule has 0 amide bonds. The number of nitrogens with zero attached hydrogens (tertiary/aromatic N) is 3.